The zero-order chi connectivity index (χ0) is 18.8. The van der Waals surface area contributed by atoms with Crippen LogP contribution in [0.25, 0.3) is 0 Å². The molecule has 0 aliphatic rings. The molecule has 0 amide bonds. The highest BCUT2D eigenvalue weighted by Gasteiger charge is 2.21. The zero-order valence-electron chi connectivity index (χ0n) is 14.6. The summed E-state index contributed by atoms with van der Waals surface area (Å²) in [6.07, 6.45) is 0. The van der Waals surface area contributed by atoms with Crippen LogP contribution in [0.3, 0.4) is 0 Å². The molecule has 8 heteroatoms. The van der Waals surface area contributed by atoms with Crippen molar-refractivity contribution in [3.8, 4) is 17.2 Å². The molecule has 0 fully saturated rings. The van der Waals surface area contributed by atoms with Crippen LogP contribution in [-0.4, -0.2) is 29.7 Å². The SMILES string of the molecule is COc1cc(C)c(S(=O)(=O)Nc2cc(Cl)c(OC)cc2OC)cc1C. The number of hydrogen-bond acceptors (Lipinski definition) is 5. The molecule has 0 radical (unpaired) electrons. The van der Waals surface area contributed by atoms with Gasteiger partial charge < -0.3 is 14.2 Å². The monoisotopic (exact) mass is 385 g/mol. The number of nitrogens with one attached hydrogen (secondary N) is 1. The van der Waals surface area contributed by atoms with Gasteiger partial charge in [0.25, 0.3) is 10.0 Å². The third-order valence-corrected chi connectivity index (χ3v) is 5.50. The van der Waals surface area contributed by atoms with Gasteiger partial charge in [0, 0.05) is 6.07 Å². The van der Waals surface area contributed by atoms with Crippen molar-refractivity contribution < 1.29 is 22.6 Å². The molecule has 0 aliphatic heterocycles. The predicted molar refractivity (Wildman–Crippen MR) is 97.8 cm³/mol. The van der Waals surface area contributed by atoms with Crippen LogP contribution in [-0.2, 0) is 10.0 Å². The first-order valence-corrected chi connectivity index (χ1v) is 9.19. The maximum Gasteiger partial charge on any atom is 0.262 e. The first-order valence-electron chi connectivity index (χ1n) is 7.33. The molecule has 0 bridgehead atoms. The molecular weight excluding hydrogens is 366 g/mol. The summed E-state index contributed by atoms with van der Waals surface area (Å²) in [6.45, 7) is 3.48. The molecule has 2 aromatic rings. The number of anilines is 1. The van der Waals surface area contributed by atoms with Gasteiger partial charge in [-0.3, -0.25) is 4.72 Å². The summed E-state index contributed by atoms with van der Waals surface area (Å²) in [6, 6.07) is 6.21. The molecule has 2 rings (SSSR count). The van der Waals surface area contributed by atoms with Gasteiger partial charge in [-0.15, -0.1) is 0 Å². The lowest BCUT2D eigenvalue weighted by Crippen LogP contribution is -2.15. The van der Waals surface area contributed by atoms with Crippen molar-refractivity contribution in [3.05, 3.63) is 40.4 Å². The molecular formula is C17H20ClNO5S. The normalized spacial score (nSPS) is 11.1. The van der Waals surface area contributed by atoms with Crippen LogP contribution in [0, 0.1) is 13.8 Å². The summed E-state index contributed by atoms with van der Waals surface area (Å²) in [5.74, 6) is 1.31. The number of hydrogen-bond donors (Lipinski definition) is 1. The minimum Gasteiger partial charge on any atom is -0.496 e. The topological polar surface area (TPSA) is 73.9 Å². The zero-order valence-corrected chi connectivity index (χ0v) is 16.2. The van der Waals surface area contributed by atoms with E-state index in [1.54, 1.807) is 33.1 Å². The van der Waals surface area contributed by atoms with Crippen molar-refractivity contribution in [2.24, 2.45) is 0 Å². The average Bonchev–Trinajstić information content (AvgIpc) is 2.56. The lowest BCUT2D eigenvalue weighted by Gasteiger charge is -2.16. The summed E-state index contributed by atoms with van der Waals surface area (Å²) >= 11 is 6.10. The number of methoxy groups -OCH3 is 3. The van der Waals surface area contributed by atoms with Crippen molar-refractivity contribution in [1.29, 1.82) is 0 Å². The molecule has 1 N–H and O–H groups in total. The van der Waals surface area contributed by atoms with Crippen LogP contribution in [0.1, 0.15) is 11.1 Å². The number of rotatable bonds is 6. The molecule has 136 valence electrons. The Labute approximate surface area is 152 Å². The van der Waals surface area contributed by atoms with Crippen molar-refractivity contribution in [2.75, 3.05) is 26.1 Å². The molecule has 0 saturated carbocycles. The largest absolute Gasteiger partial charge is 0.496 e. The summed E-state index contributed by atoms with van der Waals surface area (Å²) in [4.78, 5) is 0.153. The van der Waals surface area contributed by atoms with Gasteiger partial charge in [0.2, 0.25) is 0 Å². The smallest absolute Gasteiger partial charge is 0.262 e. The second-order valence-corrected chi connectivity index (χ2v) is 7.44. The van der Waals surface area contributed by atoms with Crippen LogP contribution in [0.15, 0.2) is 29.2 Å². The molecule has 6 nitrogen and oxygen atoms in total. The molecule has 0 saturated heterocycles. The average molecular weight is 386 g/mol. The quantitative estimate of drug-likeness (QED) is 0.819. The lowest BCUT2D eigenvalue weighted by molar-refractivity contribution is 0.396. The van der Waals surface area contributed by atoms with Crippen LogP contribution in [0.5, 0.6) is 17.2 Å². The fraction of sp³-hybridized carbons (Fsp3) is 0.294. The Bertz CT molecular complexity index is 896. The van der Waals surface area contributed by atoms with Gasteiger partial charge in [0.15, 0.2) is 0 Å². The van der Waals surface area contributed by atoms with E-state index in [9.17, 15) is 8.42 Å². The number of benzene rings is 2. The second-order valence-electron chi connectivity index (χ2n) is 5.38. The van der Waals surface area contributed by atoms with Crippen LogP contribution >= 0.6 is 11.6 Å². The number of aryl methyl sites for hydroxylation is 2. The fourth-order valence-corrected chi connectivity index (χ4v) is 4.03. The maximum absolute atomic E-state index is 12.8. The van der Waals surface area contributed by atoms with E-state index in [1.807, 2.05) is 0 Å². The van der Waals surface area contributed by atoms with E-state index in [0.717, 1.165) is 0 Å². The van der Waals surface area contributed by atoms with Gasteiger partial charge in [-0.1, -0.05) is 11.6 Å². The molecule has 25 heavy (non-hydrogen) atoms. The molecule has 0 spiro atoms. The molecule has 0 aliphatic carbocycles. The first-order chi connectivity index (χ1) is 11.7. The molecule has 0 aromatic heterocycles. The first kappa shape index (κ1) is 19.2. The Kier molecular flexibility index (Phi) is 5.69. The van der Waals surface area contributed by atoms with Crippen molar-refractivity contribution in [2.45, 2.75) is 18.7 Å². The third kappa shape index (κ3) is 3.93. The molecule has 0 unspecified atom stereocenters. The van der Waals surface area contributed by atoms with Gasteiger partial charge >= 0.3 is 0 Å². The number of ether oxygens (including phenoxy) is 3. The van der Waals surface area contributed by atoms with Crippen molar-refractivity contribution >= 4 is 27.3 Å². The lowest BCUT2D eigenvalue weighted by atomic mass is 10.1. The Balaban J connectivity index is 2.50. The van der Waals surface area contributed by atoms with E-state index in [-0.39, 0.29) is 15.6 Å². The standard InChI is InChI=1S/C17H20ClNO5S/c1-10-7-17(11(2)6-14(10)22-3)25(20,21)19-13-8-12(18)15(23-4)9-16(13)24-5/h6-9,19H,1-5H3. The summed E-state index contributed by atoms with van der Waals surface area (Å²) in [5, 5.41) is 0.267. The van der Waals surface area contributed by atoms with E-state index in [2.05, 4.69) is 4.72 Å². The predicted octanol–water partition coefficient (Wildman–Crippen LogP) is 3.78. The van der Waals surface area contributed by atoms with E-state index < -0.39 is 10.0 Å². The van der Waals surface area contributed by atoms with Gasteiger partial charge in [-0.2, -0.15) is 0 Å². The van der Waals surface area contributed by atoms with Gasteiger partial charge in [-0.25, -0.2) is 8.42 Å². The highest BCUT2D eigenvalue weighted by molar-refractivity contribution is 7.92. The molecule has 0 heterocycles. The summed E-state index contributed by atoms with van der Waals surface area (Å²) in [5.41, 5.74) is 1.50. The molecule has 0 atom stereocenters. The molecule has 2 aromatic carbocycles. The number of sulfonamides is 1. The highest BCUT2D eigenvalue weighted by Crippen LogP contribution is 2.37. The van der Waals surface area contributed by atoms with Gasteiger partial charge in [0.05, 0.1) is 36.9 Å². The number of halogens is 1. The Hall–Kier alpha value is -2.12. The van der Waals surface area contributed by atoms with E-state index >= 15 is 0 Å². The van der Waals surface area contributed by atoms with Crippen molar-refractivity contribution in [3.63, 3.8) is 0 Å². The van der Waals surface area contributed by atoms with Gasteiger partial charge in [0.1, 0.15) is 17.2 Å². The third-order valence-electron chi connectivity index (χ3n) is 3.70. The minimum atomic E-state index is -3.85. The summed E-state index contributed by atoms with van der Waals surface area (Å²) < 4.78 is 43.7. The van der Waals surface area contributed by atoms with Gasteiger partial charge in [-0.05, 0) is 43.2 Å². The van der Waals surface area contributed by atoms with Crippen LogP contribution < -0.4 is 18.9 Å². The van der Waals surface area contributed by atoms with Crippen molar-refractivity contribution in [1.82, 2.24) is 0 Å². The fourth-order valence-electron chi connectivity index (χ4n) is 2.41. The Morgan fingerprint density at radius 3 is 2.00 bits per heavy atom. The Morgan fingerprint density at radius 1 is 0.840 bits per heavy atom. The Morgan fingerprint density at radius 2 is 1.44 bits per heavy atom. The van der Waals surface area contributed by atoms with E-state index in [4.69, 9.17) is 25.8 Å². The highest BCUT2D eigenvalue weighted by atomic mass is 35.5. The second kappa shape index (κ2) is 7.41. The van der Waals surface area contributed by atoms with Crippen LogP contribution in [0.2, 0.25) is 5.02 Å². The van der Waals surface area contributed by atoms with E-state index in [0.29, 0.717) is 28.4 Å². The minimum absolute atomic E-state index is 0.153. The summed E-state index contributed by atoms with van der Waals surface area (Å²) in [7, 11) is 0.595. The van der Waals surface area contributed by atoms with E-state index in [1.165, 1.54) is 26.4 Å². The maximum atomic E-state index is 12.8. The van der Waals surface area contributed by atoms with Crippen LogP contribution in [0.4, 0.5) is 5.69 Å².